The van der Waals surface area contributed by atoms with Crippen molar-refractivity contribution in [2.45, 2.75) is 96.2 Å². The average molecular weight is 644 g/mol. The number of nitrogens with one attached hydrogen (secondary N) is 2. The number of halogens is 1. The van der Waals surface area contributed by atoms with Crippen molar-refractivity contribution >= 4 is 44.6 Å². The molecule has 1 aromatic carbocycles. The lowest BCUT2D eigenvalue weighted by Crippen LogP contribution is -2.37. The summed E-state index contributed by atoms with van der Waals surface area (Å²) in [4.78, 5) is 11.6. The summed E-state index contributed by atoms with van der Waals surface area (Å²) >= 11 is 6.48. The van der Waals surface area contributed by atoms with Crippen LogP contribution in [0.25, 0.3) is 0 Å². The van der Waals surface area contributed by atoms with Gasteiger partial charge in [0.2, 0.25) is 11.0 Å². The maximum atomic E-state index is 13.0. The maximum Gasteiger partial charge on any atom is 0.229 e. The van der Waals surface area contributed by atoms with Crippen molar-refractivity contribution < 1.29 is 13.2 Å². The standard InChI is InChI=1S/C32H46ClN7O3S/c1-7-40(8-2)23-11-9-22(10-12-23)25-16-29(43-24-13-14-24)27(15-21(25)5)36-32-34-17-26(33)30(37-32)35-28-18-39(6)38-31(28)44(41,42)19-20(3)4/h15-18,20,22-24H,7-14,19H2,1-6H3,(H2,34,35,36,37). The fourth-order valence-electron chi connectivity index (χ4n) is 6.26. The van der Waals surface area contributed by atoms with Gasteiger partial charge in [0.25, 0.3) is 0 Å². The SMILES string of the molecule is CCN(CC)C1CCC(c2cc(OC3CC3)c(Nc3ncc(Cl)c(Nc4cn(C)nc4S(=O)(=O)CC(C)C)n3)cc2C)CC1. The molecule has 2 aliphatic carbocycles. The zero-order valence-electron chi connectivity index (χ0n) is 26.7. The van der Waals surface area contributed by atoms with Crippen molar-refractivity contribution in [2.75, 3.05) is 29.5 Å². The van der Waals surface area contributed by atoms with Crippen LogP contribution in [0, 0.1) is 12.8 Å². The third kappa shape index (κ3) is 7.66. The van der Waals surface area contributed by atoms with Crippen LogP contribution in [0.5, 0.6) is 5.75 Å². The Morgan fingerprint density at radius 2 is 1.77 bits per heavy atom. The van der Waals surface area contributed by atoms with Crippen LogP contribution in [-0.2, 0) is 16.9 Å². The van der Waals surface area contributed by atoms with Gasteiger partial charge in [0.1, 0.15) is 10.8 Å². The summed E-state index contributed by atoms with van der Waals surface area (Å²) in [6.07, 6.45) is 10.2. The van der Waals surface area contributed by atoms with Crippen LogP contribution in [0.3, 0.4) is 0 Å². The normalized spacial score (nSPS) is 19.0. The fourth-order valence-corrected chi connectivity index (χ4v) is 8.13. The Morgan fingerprint density at radius 1 is 1.07 bits per heavy atom. The van der Waals surface area contributed by atoms with Crippen molar-refractivity contribution in [2.24, 2.45) is 13.0 Å². The van der Waals surface area contributed by atoms with Gasteiger partial charge in [-0.05, 0) is 93.6 Å². The lowest BCUT2D eigenvalue weighted by Gasteiger charge is -2.36. The Balaban J connectivity index is 1.38. The Labute approximate surface area is 266 Å². The molecule has 44 heavy (non-hydrogen) atoms. The quantitative estimate of drug-likeness (QED) is 0.203. The molecule has 0 bridgehead atoms. The molecule has 0 aliphatic heterocycles. The Morgan fingerprint density at radius 3 is 2.41 bits per heavy atom. The van der Waals surface area contributed by atoms with E-state index < -0.39 is 9.84 Å². The molecule has 2 aromatic heterocycles. The smallest absolute Gasteiger partial charge is 0.229 e. The summed E-state index contributed by atoms with van der Waals surface area (Å²) in [7, 11) is -1.94. The van der Waals surface area contributed by atoms with E-state index in [4.69, 9.17) is 16.3 Å². The van der Waals surface area contributed by atoms with Gasteiger partial charge in [-0.15, -0.1) is 0 Å². The Kier molecular flexibility index (Phi) is 10.1. The maximum absolute atomic E-state index is 13.0. The van der Waals surface area contributed by atoms with Crippen LogP contribution >= 0.6 is 11.6 Å². The van der Waals surface area contributed by atoms with Gasteiger partial charge < -0.3 is 20.3 Å². The van der Waals surface area contributed by atoms with Crippen LogP contribution in [0.15, 0.2) is 29.6 Å². The van der Waals surface area contributed by atoms with Gasteiger partial charge in [0.15, 0.2) is 15.7 Å². The molecular formula is C32H46ClN7O3S. The van der Waals surface area contributed by atoms with Crippen molar-refractivity contribution in [3.8, 4) is 5.75 Å². The van der Waals surface area contributed by atoms with Crippen LogP contribution < -0.4 is 15.4 Å². The lowest BCUT2D eigenvalue weighted by atomic mass is 9.79. The van der Waals surface area contributed by atoms with E-state index in [1.54, 1.807) is 13.2 Å². The molecule has 0 spiro atoms. The van der Waals surface area contributed by atoms with Gasteiger partial charge in [-0.25, -0.2) is 13.4 Å². The third-order valence-electron chi connectivity index (χ3n) is 8.54. The monoisotopic (exact) mass is 643 g/mol. The molecule has 0 saturated heterocycles. The molecule has 2 saturated carbocycles. The minimum absolute atomic E-state index is 0.0144. The predicted molar refractivity (Wildman–Crippen MR) is 176 cm³/mol. The summed E-state index contributed by atoms with van der Waals surface area (Å²) < 4.78 is 33.9. The molecule has 0 amide bonds. The van der Waals surface area contributed by atoms with Crippen LogP contribution in [0.2, 0.25) is 5.02 Å². The van der Waals surface area contributed by atoms with Crippen molar-refractivity contribution in [3.05, 3.63) is 40.7 Å². The topological polar surface area (TPSA) is 114 Å². The second kappa shape index (κ2) is 13.6. The number of rotatable bonds is 13. The van der Waals surface area contributed by atoms with E-state index in [2.05, 4.69) is 63.5 Å². The predicted octanol–water partition coefficient (Wildman–Crippen LogP) is 7.00. The number of anilines is 4. The molecule has 0 radical (unpaired) electrons. The highest BCUT2D eigenvalue weighted by atomic mass is 35.5. The van der Waals surface area contributed by atoms with Gasteiger partial charge in [-0.3, -0.25) is 4.68 Å². The Hall–Kier alpha value is -2.89. The molecule has 10 nitrogen and oxygen atoms in total. The van der Waals surface area contributed by atoms with E-state index in [0.717, 1.165) is 37.4 Å². The number of hydrogen-bond acceptors (Lipinski definition) is 9. The average Bonchev–Trinajstić information content (AvgIpc) is 3.71. The molecule has 12 heteroatoms. The molecule has 2 fully saturated rings. The van der Waals surface area contributed by atoms with Crippen LogP contribution in [0.1, 0.15) is 83.3 Å². The minimum atomic E-state index is -3.62. The van der Waals surface area contributed by atoms with Crippen molar-refractivity contribution in [1.82, 2.24) is 24.6 Å². The van der Waals surface area contributed by atoms with E-state index in [-0.39, 0.29) is 33.6 Å². The van der Waals surface area contributed by atoms with E-state index in [0.29, 0.717) is 23.6 Å². The molecule has 2 aliphatic rings. The first-order valence-electron chi connectivity index (χ1n) is 15.9. The number of hydrogen-bond donors (Lipinski definition) is 2. The zero-order chi connectivity index (χ0) is 31.6. The molecule has 0 unspecified atom stereocenters. The molecule has 5 rings (SSSR count). The summed E-state index contributed by atoms with van der Waals surface area (Å²) in [6, 6.07) is 5.02. The van der Waals surface area contributed by atoms with Gasteiger partial charge in [-0.1, -0.05) is 39.3 Å². The highest BCUT2D eigenvalue weighted by molar-refractivity contribution is 7.91. The summed E-state index contributed by atoms with van der Waals surface area (Å²) in [5, 5.41) is 10.9. The first kappa shape index (κ1) is 32.5. The van der Waals surface area contributed by atoms with E-state index in [1.807, 2.05) is 13.8 Å². The van der Waals surface area contributed by atoms with Crippen LogP contribution in [0.4, 0.5) is 23.1 Å². The minimum Gasteiger partial charge on any atom is -0.488 e. The summed E-state index contributed by atoms with van der Waals surface area (Å²) in [5.74, 6) is 1.86. The highest BCUT2D eigenvalue weighted by Crippen LogP contribution is 2.42. The number of nitrogens with zero attached hydrogens (tertiary/aromatic N) is 5. The first-order chi connectivity index (χ1) is 21.0. The van der Waals surface area contributed by atoms with E-state index >= 15 is 0 Å². The van der Waals surface area contributed by atoms with Crippen LogP contribution in [-0.4, -0.2) is 64.1 Å². The summed E-state index contributed by atoms with van der Waals surface area (Å²) in [6.45, 7) is 12.6. The second-order valence-corrected chi connectivity index (χ2v) is 14.9. The number of benzene rings is 1. The highest BCUT2D eigenvalue weighted by Gasteiger charge is 2.30. The lowest BCUT2D eigenvalue weighted by molar-refractivity contribution is 0.163. The van der Waals surface area contributed by atoms with Gasteiger partial charge >= 0.3 is 0 Å². The van der Waals surface area contributed by atoms with E-state index in [1.165, 1.54) is 47.7 Å². The molecule has 0 atom stereocenters. The van der Waals surface area contributed by atoms with Crippen molar-refractivity contribution in [3.63, 3.8) is 0 Å². The molecule has 2 heterocycles. The second-order valence-electron chi connectivity index (χ2n) is 12.6. The third-order valence-corrected chi connectivity index (χ3v) is 10.8. The van der Waals surface area contributed by atoms with Gasteiger partial charge in [0, 0.05) is 19.3 Å². The fraction of sp³-hybridized carbons (Fsp3) is 0.594. The number of aromatic nitrogens is 4. The largest absolute Gasteiger partial charge is 0.488 e. The molecule has 2 N–H and O–H groups in total. The summed E-state index contributed by atoms with van der Waals surface area (Å²) in [5.41, 5.74) is 3.68. The number of sulfone groups is 1. The Bertz CT molecular complexity index is 1560. The zero-order valence-corrected chi connectivity index (χ0v) is 28.3. The van der Waals surface area contributed by atoms with Gasteiger partial charge in [0.05, 0.1) is 29.4 Å². The molecule has 3 aromatic rings. The van der Waals surface area contributed by atoms with Gasteiger partial charge in [-0.2, -0.15) is 10.1 Å². The first-order valence-corrected chi connectivity index (χ1v) is 17.9. The number of ether oxygens (including phenoxy) is 1. The molecular weight excluding hydrogens is 598 g/mol. The van der Waals surface area contributed by atoms with Crippen molar-refractivity contribution in [1.29, 1.82) is 0 Å². The number of aryl methyl sites for hydroxylation is 2. The molecule has 240 valence electrons. The van der Waals surface area contributed by atoms with E-state index in [9.17, 15) is 8.42 Å².